The Hall–Kier alpha value is -2.45. The summed E-state index contributed by atoms with van der Waals surface area (Å²) in [5.41, 5.74) is 4.13. The number of benzene rings is 2. The van der Waals surface area contributed by atoms with Crippen LogP contribution < -0.4 is 0 Å². The molecule has 1 aliphatic heterocycles. The standard InChI is InChI=1S/C9H12.C8H11N.C8H10.C6H13N.2CH4/c1-8(2)9-6-4-3-5-7-9;1-7(2)8-4-3-5-9-6-8;1-2-8-6-4-3-5-7-8;1-2-7-5-3-4-6-7;;/h3-8H,1-2H3;3-7H,1-2H3;3-7H,2H2,1H3;2-6H2,1H3;2*1H4. The minimum Gasteiger partial charge on any atom is -0.304 e. The lowest BCUT2D eigenvalue weighted by atomic mass is 10.0. The minimum atomic E-state index is 0. The molecule has 4 rings (SSSR count). The monoisotopic (exact) mass is 478 g/mol. The first-order valence-corrected chi connectivity index (χ1v) is 12.7. The third-order valence-corrected chi connectivity index (χ3v) is 5.71. The number of likely N-dealkylation sites (tertiary alicyclic amines) is 1. The SMILES string of the molecule is C.C.CC(C)c1ccccc1.CC(C)c1cccnc1.CCN1CCCC1.CCc1ccccc1. The van der Waals surface area contributed by atoms with Gasteiger partial charge in [-0.05, 0) is 73.5 Å². The van der Waals surface area contributed by atoms with Gasteiger partial charge in [0, 0.05) is 12.4 Å². The van der Waals surface area contributed by atoms with Crippen LogP contribution in [0.15, 0.2) is 85.2 Å². The predicted molar refractivity (Wildman–Crippen MR) is 159 cm³/mol. The van der Waals surface area contributed by atoms with E-state index in [1.54, 1.807) is 6.20 Å². The molecule has 3 aromatic rings. The Balaban J connectivity index is 0. The molecule has 2 nitrogen and oxygen atoms in total. The van der Waals surface area contributed by atoms with Gasteiger partial charge in [0.15, 0.2) is 0 Å². The third-order valence-electron chi connectivity index (χ3n) is 5.71. The Morgan fingerprint density at radius 2 is 1.17 bits per heavy atom. The zero-order chi connectivity index (χ0) is 24.3. The molecule has 0 spiro atoms. The summed E-state index contributed by atoms with van der Waals surface area (Å²) in [6, 6.07) is 25.0. The van der Waals surface area contributed by atoms with Crippen LogP contribution in [0.2, 0.25) is 0 Å². The van der Waals surface area contributed by atoms with Crippen molar-refractivity contribution in [3.63, 3.8) is 0 Å². The van der Waals surface area contributed by atoms with Gasteiger partial charge >= 0.3 is 0 Å². The van der Waals surface area contributed by atoms with Crippen molar-refractivity contribution in [2.45, 2.75) is 87.5 Å². The molecule has 0 N–H and O–H groups in total. The molecule has 2 heterocycles. The summed E-state index contributed by atoms with van der Waals surface area (Å²) in [5, 5.41) is 0. The molecule has 196 valence electrons. The summed E-state index contributed by atoms with van der Waals surface area (Å²) in [6.45, 7) is 17.1. The smallest absolute Gasteiger partial charge is 0.0302 e. The van der Waals surface area contributed by atoms with E-state index in [0.717, 1.165) is 6.42 Å². The summed E-state index contributed by atoms with van der Waals surface area (Å²) in [4.78, 5) is 6.49. The molecule has 0 radical (unpaired) electrons. The summed E-state index contributed by atoms with van der Waals surface area (Å²) in [6.07, 6.45) is 7.69. The van der Waals surface area contributed by atoms with Crippen LogP contribution in [-0.2, 0) is 6.42 Å². The van der Waals surface area contributed by atoms with E-state index in [2.05, 4.69) is 106 Å². The van der Waals surface area contributed by atoms with Gasteiger partial charge in [0.05, 0.1) is 0 Å². The van der Waals surface area contributed by atoms with Crippen molar-refractivity contribution in [1.29, 1.82) is 0 Å². The summed E-state index contributed by atoms with van der Waals surface area (Å²) in [5.74, 6) is 1.25. The van der Waals surface area contributed by atoms with Gasteiger partial charge in [0.25, 0.3) is 0 Å². The molecule has 0 saturated carbocycles. The lowest BCUT2D eigenvalue weighted by molar-refractivity contribution is 0.359. The molecule has 1 fully saturated rings. The van der Waals surface area contributed by atoms with Gasteiger partial charge in [-0.3, -0.25) is 4.98 Å². The van der Waals surface area contributed by atoms with E-state index in [-0.39, 0.29) is 14.9 Å². The maximum absolute atomic E-state index is 4.01. The van der Waals surface area contributed by atoms with Crippen LogP contribution in [0.5, 0.6) is 0 Å². The lowest BCUT2D eigenvalue weighted by Gasteiger charge is -2.08. The van der Waals surface area contributed by atoms with Gasteiger partial charge < -0.3 is 4.90 Å². The first kappa shape index (κ1) is 34.7. The molecule has 1 aromatic heterocycles. The highest BCUT2D eigenvalue weighted by Gasteiger charge is 2.06. The van der Waals surface area contributed by atoms with Crippen molar-refractivity contribution in [3.05, 3.63) is 102 Å². The van der Waals surface area contributed by atoms with Crippen molar-refractivity contribution in [3.8, 4) is 0 Å². The van der Waals surface area contributed by atoms with Crippen LogP contribution in [0, 0.1) is 0 Å². The average Bonchev–Trinajstić information content (AvgIpc) is 3.41. The van der Waals surface area contributed by atoms with Crippen LogP contribution in [0.4, 0.5) is 0 Å². The third kappa shape index (κ3) is 16.8. The van der Waals surface area contributed by atoms with E-state index >= 15 is 0 Å². The van der Waals surface area contributed by atoms with Crippen LogP contribution in [0.3, 0.4) is 0 Å². The number of hydrogen-bond donors (Lipinski definition) is 0. The fourth-order valence-electron chi connectivity index (χ4n) is 3.37. The van der Waals surface area contributed by atoms with Gasteiger partial charge in [-0.1, -0.05) is 123 Å². The van der Waals surface area contributed by atoms with Gasteiger partial charge in [0.1, 0.15) is 0 Å². The second-order valence-electron chi connectivity index (χ2n) is 8.99. The van der Waals surface area contributed by atoms with Gasteiger partial charge in [-0.25, -0.2) is 0 Å². The normalized spacial score (nSPS) is 12.0. The topological polar surface area (TPSA) is 16.1 Å². The van der Waals surface area contributed by atoms with Crippen LogP contribution in [-0.4, -0.2) is 29.5 Å². The molecule has 1 aliphatic rings. The number of aromatic nitrogens is 1. The van der Waals surface area contributed by atoms with Crippen molar-refractivity contribution in [2.75, 3.05) is 19.6 Å². The summed E-state index contributed by atoms with van der Waals surface area (Å²) >= 11 is 0. The number of rotatable bonds is 4. The highest BCUT2D eigenvalue weighted by molar-refractivity contribution is 5.17. The van der Waals surface area contributed by atoms with E-state index in [4.69, 9.17) is 0 Å². The molecular formula is C33H54N2. The molecular weight excluding hydrogens is 424 g/mol. The fraction of sp³-hybridized carbons (Fsp3) is 0.485. The molecule has 1 saturated heterocycles. The molecule has 0 atom stereocenters. The van der Waals surface area contributed by atoms with Gasteiger partial charge in [0.2, 0.25) is 0 Å². The maximum Gasteiger partial charge on any atom is 0.0302 e. The van der Waals surface area contributed by atoms with Crippen LogP contribution in [0.1, 0.15) is 97.8 Å². The van der Waals surface area contributed by atoms with Crippen molar-refractivity contribution in [1.82, 2.24) is 9.88 Å². The molecule has 35 heavy (non-hydrogen) atoms. The van der Waals surface area contributed by atoms with E-state index < -0.39 is 0 Å². The average molecular weight is 479 g/mol. The zero-order valence-electron chi connectivity index (χ0n) is 21.9. The van der Waals surface area contributed by atoms with Crippen LogP contribution in [0.25, 0.3) is 0 Å². The number of aryl methyl sites for hydroxylation is 1. The number of hydrogen-bond acceptors (Lipinski definition) is 2. The second-order valence-corrected chi connectivity index (χ2v) is 8.99. The Morgan fingerprint density at radius 1 is 0.686 bits per heavy atom. The summed E-state index contributed by atoms with van der Waals surface area (Å²) < 4.78 is 0. The molecule has 0 unspecified atom stereocenters. The quantitative estimate of drug-likeness (QED) is 0.371. The molecule has 2 heteroatoms. The molecule has 0 aliphatic carbocycles. The maximum atomic E-state index is 4.01. The number of pyridine rings is 1. The largest absolute Gasteiger partial charge is 0.304 e. The number of nitrogens with zero attached hydrogens (tertiary/aromatic N) is 2. The van der Waals surface area contributed by atoms with Crippen molar-refractivity contribution in [2.24, 2.45) is 0 Å². The van der Waals surface area contributed by atoms with E-state index in [1.165, 1.54) is 49.2 Å². The zero-order valence-corrected chi connectivity index (χ0v) is 21.9. The Labute approximate surface area is 218 Å². The highest BCUT2D eigenvalue weighted by Crippen LogP contribution is 2.12. The fourth-order valence-corrected chi connectivity index (χ4v) is 3.37. The minimum absolute atomic E-state index is 0. The summed E-state index contributed by atoms with van der Waals surface area (Å²) in [7, 11) is 0. The molecule has 2 aromatic carbocycles. The van der Waals surface area contributed by atoms with E-state index in [1.807, 2.05) is 24.4 Å². The molecule has 0 bridgehead atoms. The molecule has 0 amide bonds. The first-order valence-electron chi connectivity index (χ1n) is 12.7. The van der Waals surface area contributed by atoms with Gasteiger partial charge in [-0.15, -0.1) is 0 Å². The van der Waals surface area contributed by atoms with Crippen molar-refractivity contribution >= 4 is 0 Å². The lowest BCUT2D eigenvalue weighted by Crippen LogP contribution is -2.17. The Bertz CT molecular complexity index is 749. The Morgan fingerprint density at radius 3 is 1.46 bits per heavy atom. The predicted octanol–water partition coefficient (Wildman–Crippen LogP) is 9.64. The van der Waals surface area contributed by atoms with E-state index in [0.29, 0.717) is 11.8 Å². The van der Waals surface area contributed by atoms with Crippen molar-refractivity contribution < 1.29 is 0 Å². The van der Waals surface area contributed by atoms with Crippen LogP contribution >= 0.6 is 0 Å². The first-order chi connectivity index (χ1) is 16.0. The van der Waals surface area contributed by atoms with Gasteiger partial charge in [-0.2, -0.15) is 0 Å². The highest BCUT2D eigenvalue weighted by atomic mass is 15.1. The Kier molecular flexibility index (Phi) is 21.9. The van der Waals surface area contributed by atoms with E-state index in [9.17, 15) is 0 Å². The second kappa shape index (κ2) is 22.0.